The summed E-state index contributed by atoms with van der Waals surface area (Å²) < 4.78 is 39.8. The van der Waals surface area contributed by atoms with Gasteiger partial charge in [-0.3, -0.25) is 9.10 Å². The summed E-state index contributed by atoms with van der Waals surface area (Å²) in [6.07, 6.45) is -0.374. The minimum absolute atomic E-state index is 0.129. The molecule has 1 amide bonds. The van der Waals surface area contributed by atoms with E-state index in [1.165, 1.54) is 0 Å². The average molecular weight is 495 g/mol. The molecule has 0 radical (unpaired) electrons. The number of nitrogens with zero attached hydrogens (tertiary/aromatic N) is 1. The highest BCUT2D eigenvalue weighted by molar-refractivity contribution is 7.92. The van der Waals surface area contributed by atoms with Gasteiger partial charge in [0.25, 0.3) is 10.0 Å². The van der Waals surface area contributed by atoms with E-state index in [0.29, 0.717) is 29.7 Å². The molecule has 3 aromatic rings. The SMILES string of the molecule is Cc1ccc(S(=O)(=O)N(CC(=O)NC[C@@H]2COc3ccccc3O2)c2ccc(C(C)C)cc2)cc1. The Bertz CT molecular complexity index is 1270. The number of aryl methyl sites for hydroxylation is 1. The number of nitrogens with one attached hydrogen (secondary N) is 1. The van der Waals surface area contributed by atoms with Gasteiger partial charge in [-0.25, -0.2) is 8.42 Å². The molecule has 0 aliphatic carbocycles. The van der Waals surface area contributed by atoms with Crippen LogP contribution in [0.4, 0.5) is 5.69 Å². The van der Waals surface area contributed by atoms with E-state index in [4.69, 9.17) is 9.47 Å². The van der Waals surface area contributed by atoms with Crippen LogP contribution < -0.4 is 19.1 Å². The number of carbonyl (C=O) groups is 1. The maximum Gasteiger partial charge on any atom is 0.264 e. The molecule has 0 unspecified atom stereocenters. The van der Waals surface area contributed by atoms with Crippen LogP contribution in [0.1, 0.15) is 30.9 Å². The van der Waals surface area contributed by atoms with Crippen LogP contribution in [0.2, 0.25) is 0 Å². The Morgan fingerprint density at radius 2 is 1.66 bits per heavy atom. The molecule has 0 bridgehead atoms. The zero-order valence-electron chi connectivity index (χ0n) is 20.1. The van der Waals surface area contributed by atoms with Gasteiger partial charge in [0.15, 0.2) is 11.5 Å². The van der Waals surface area contributed by atoms with Gasteiger partial charge in [0.2, 0.25) is 5.91 Å². The van der Waals surface area contributed by atoms with Gasteiger partial charge < -0.3 is 14.8 Å². The first kappa shape index (κ1) is 24.6. The van der Waals surface area contributed by atoms with Crippen molar-refractivity contribution in [2.24, 2.45) is 0 Å². The summed E-state index contributed by atoms with van der Waals surface area (Å²) in [7, 11) is -3.97. The minimum Gasteiger partial charge on any atom is -0.486 e. The lowest BCUT2D eigenvalue weighted by atomic mass is 10.0. The fourth-order valence-electron chi connectivity index (χ4n) is 3.76. The van der Waals surface area contributed by atoms with Crippen LogP contribution in [0.25, 0.3) is 0 Å². The number of anilines is 1. The normalized spacial score (nSPS) is 15.0. The van der Waals surface area contributed by atoms with Crippen molar-refractivity contribution in [3.63, 3.8) is 0 Å². The van der Waals surface area contributed by atoms with Crippen LogP contribution in [-0.2, 0) is 14.8 Å². The van der Waals surface area contributed by atoms with Gasteiger partial charge in [0.05, 0.1) is 17.1 Å². The molecule has 7 nitrogen and oxygen atoms in total. The third-order valence-electron chi connectivity index (χ3n) is 5.84. The maximum atomic E-state index is 13.5. The number of amides is 1. The molecular formula is C27H30N2O5S. The van der Waals surface area contributed by atoms with Crippen molar-refractivity contribution in [2.45, 2.75) is 37.7 Å². The Morgan fingerprint density at radius 3 is 2.31 bits per heavy atom. The van der Waals surface area contributed by atoms with Crippen LogP contribution in [0.15, 0.2) is 77.7 Å². The minimum atomic E-state index is -3.97. The zero-order chi connectivity index (χ0) is 25.0. The highest BCUT2D eigenvalue weighted by Gasteiger charge is 2.28. The quantitative estimate of drug-likeness (QED) is 0.506. The largest absolute Gasteiger partial charge is 0.486 e. The summed E-state index contributed by atoms with van der Waals surface area (Å²) in [4.78, 5) is 13.0. The predicted molar refractivity (Wildman–Crippen MR) is 136 cm³/mol. The summed E-state index contributed by atoms with van der Waals surface area (Å²) in [5, 5.41) is 2.80. The monoisotopic (exact) mass is 494 g/mol. The molecule has 1 aliphatic heterocycles. The molecule has 35 heavy (non-hydrogen) atoms. The molecule has 0 fully saturated rings. The van der Waals surface area contributed by atoms with Crippen molar-refractivity contribution in [1.29, 1.82) is 0 Å². The van der Waals surface area contributed by atoms with E-state index < -0.39 is 15.9 Å². The Hall–Kier alpha value is -3.52. The number of sulfonamides is 1. The molecule has 8 heteroatoms. The standard InChI is InChI=1S/C27H30N2O5S/c1-19(2)21-10-12-22(13-11-21)29(35(31,32)24-14-8-20(3)9-15-24)17-27(30)28-16-23-18-33-25-6-4-5-7-26(25)34-23/h4-15,19,23H,16-18H2,1-3H3,(H,28,30)/t23-/m1/s1. The topological polar surface area (TPSA) is 84.9 Å². The van der Waals surface area contributed by atoms with E-state index >= 15 is 0 Å². The molecule has 3 aromatic carbocycles. The van der Waals surface area contributed by atoms with E-state index in [-0.39, 0.29) is 24.1 Å². The summed E-state index contributed by atoms with van der Waals surface area (Å²) in [5.74, 6) is 1.15. The second-order valence-electron chi connectivity index (χ2n) is 8.87. The second kappa shape index (κ2) is 10.4. The number of ether oxygens (including phenoxy) is 2. The van der Waals surface area contributed by atoms with Crippen LogP contribution >= 0.6 is 0 Å². The number of carbonyl (C=O) groups excluding carboxylic acids is 1. The molecule has 184 valence electrons. The van der Waals surface area contributed by atoms with E-state index in [9.17, 15) is 13.2 Å². The van der Waals surface area contributed by atoms with Crippen LogP contribution in [0.3, 0.4) is 0 Å². The third kappa shape index (κ3) is 5.77. The lowest BCUT2D eigenvalue weighted by Crippen LogP contribution is -2.45. The first-order chi connectivity index (χ1) is 16.7. The predicted octanol–water partition coefficient (Wildman–Crippen LogP) is 4.27. The smallest absolute Gasteiger partial charge is 0.264 e. The van der Waals surface area contributed by atoms with Crippen LogP contribution in [-0.4, -0.2) is 40.1 Å². The van der Waals surface area contributed by atoms with Gasteiger partial charge in [0.1, 0.15) is 19.3 Å². The first-order valence-electron chi connectivity index (χ1n) is 11.6. The van der Waals surface area contributed by atoms with Crippen molar-refractivity contribution >= 4 is 21.6 Å². The van der Waals surface area contributed by atoms with Gasteiger partial charge in [0, 0.05) is 0 Å². The summed E-state index contributed by atoms with van der Waals surface area (Å²) in [5.41, 5.74) is 2.46. The molecular weight excluding hydrogens is 464 g/mol. The Balaban J connectivity index is 1.51. The van der Waals surface area contributed by atoms with Crippen LogP contribution in [0.5, 0.6) is 11.5 Å². The van der Waals surface area contributed by atoms with Crippen molar-refractivity contribution in [3.8, 4) is 11.5 Å². The van der Waals surface area contributed by atoms with Gasteiger partial charge in [-0.2, -0.15) is 0 Å². The Morgan fingerprint density at radius 1 is 1.00 bits per heavy atom. The number of rotatable bonds is 8. The van der Waals surface area contributed by atoms with Crippen molar-refractivity contribution < 1.29 is 22.7 Å². The summed E-state index contributed by atoms with van der Waals surface area (Å²) in [6, 6.07) is 21.2. The Kier molecular flexibility index (Phi) is 7.31. The Labute approximate surface area is 206 Å². The number of fused-ring (bicyclic) bond motifs is 1. The average Bonchev–Trinajstić information content (AvgIpc) is 2.86. The summed E-state index contributed by atoms with van der Waals surface area (Å²) >= 11 is 0. The van der Waals surface area contributed by atoms with E-state index in [0.717, 1.165) is 15.4 Å². The van der Waals surface area contributed by atoms with Crippen molar-refractivity contribution in [2.75, 3.05) is 24.0 Å². The number of hydrogen-bond donors (Lipinski definition) is 1. The molecule has 0 saturated carbocycles. The molecule has 4 rings (SSSR count). The third-order valence-corrected chi connectivity index (χ3v) is 7.63. The van der Waals surface area contributed by atoms with Gasteiger partial charge in [-0.1, -0.05) is 55.8 Å². The molecule has 1 aliphatic rings. The van der Waals surface area contributed by atoms with E-state index in [2.05, 4.69) is 19.2 Å². The number of benzene rings is 3. The number of para-hydroxylation sites is 2. The molecule has 0 aromatic heterocycles. The second-order valence-corrected chi connectivity index (χ2v) is 10.7. The molecule has 1 heterocycles. The van der Waals surface area contributed by atoms with Crippen LogP contribution in [0, 0.1) is 6.92 Å². The lowest BCUT2D eigenvalue weighted by Gasteiger charge is -2.27. The van der Waals surface area contributed by atoms with Gasteiger partial charge in [-0.05, 0) is 54.8 Å². The summed E-state index contributed by atoms with van der Waals surface area (Å²) in [6.45, 7) is 6.15. The van der Waals surface area contributed by atoms with E-state index in [1.54, 1.807) is 42.5 Å². The molecule has 0 saturated heterocycles. The highest BCUT2D eigenvalue weighted by Crippen LogP contribution is 2.31. The van der Waals surface area contributed by atoms with Crippen molar-refractivity contribution in [3.05, 3.63) is 83.9 Å². The van der Waals surface area contributed by atoms with Gasteiger partial charge in [-0.15, -0.1) is 0 Å². The molecule has 1 N–H and O–H groups in total. The highest BCUT2D eigenvalue weighted by atomic mass is 32.2. The van der Waals surface area contributed by atoms with Gasteiger partial charge >= 0.3 is 0 Å². The maximum absolute atomic E-state index is 13.5. The lowest BCUT2D eigenvalue weighted by molar-refractivity contribution is -0.120. The van der Waals surface area contributed by atoms with E-state index in [1.807, 2.05) is 37.3 Å². The molecule has 0 spiro atoms. The zero-order valence-corrected chi connectivity index (χ0v) is 20.9. The number of hydrogen-bond acceptors (Lipinski definition) is 5. The first-order valence-corrected chi connectivity index (χ1v) is 13.0. The fraction of sp³-hybridized carbons (Fsp3) is 0.296. The molecule has 1 atom stereocenters. The fourth-order valence-corrected chi connectivity index (χ4v) is 5.18. The van der Waals surface area contributed by atoms with Crippen molar-refractivity contribution in [1.82, 2.24) is 5.32 Å².